The van der Waals surface area contributed by atoms with Gasteiger partial charge in [-0.05, 0) is 37.4 Å². The zero-order chi connectivity index (χ0) is 17.4. The van der Waals surface area contributed by atoms with Crippen LogP contribution in [0.3, 0.4) is 0 Å². The van der Waals surface area contributed by atoms with E-state index >= 15 is 0 Å². The summed E-state index contributed by atoms with van der Waals surface area (Å²) < 4.78 is 0. The number of amides is 1. The Bertz CT molecular complexity index is 536. The van der Waals surface area contributed by atoms with Crippen LogP contribution in [0.5, 0.6) is 0 Å². The Morgan fingerprint density at radius 3 is 2.71 bits per heavy atom. The van der Waals surface area contributed by atoms with Crippen molar-refractivity contribution in [1.29, 1.82) is 0 Å². The van der Waals surface area contributed by atoms with Gasteiger partial charge in [-0.1, -0.05) is 25.1 Å². The predicted octanol–water partition coefficient (Wildman–Crippen LogP) is 1.43. The third kappa shape index (κ3) is 5.85. The average molecular weight is 333 g/mol. The molecule has 1 heterocycles. The number of carboxylic acid groups (broad SMARTS) is 1. The van der Waals surface area contributed by atoms with Gasteiger partial charge in [0.05, 0.1) is 13.1 Å². The highest BCUT2D eigenvalue weighted by atomic mass is 16.4. The topological polar surface area (TPSA) is 72.9 Å². The number of anilines is 1. The Kier molecular flexibility index (Phi) is 7.06. The molecule has 2 N–H and O–H groups in total. The van der Waals surface area contributed by atoms with Crippen molar-refractivity contribution in [2.24, 2.45) is 5.92 Å². The molecule has 1 aromatic rings. The summed E-state index contributed by atoms with van der Waals surface area (Å²) in [7, 11) is 0. The van der Waals surface area contributed by atoms with Crippen molar-refractivity contribution in [3.8, 4) is 0 Å². The fourth-order valence-electron chi connectivity index (χ4n) is 3.11. The molecule has 0 spiro atoms. The Morgan fingerprint density at radius 1 is 1.29 bits per heavy atom. The lowest BCUT2D eigenvalue weighted by Gasteiger charge is -2.20. The minimum absolute atomic E-state index is 0.0908. The minimum atomic E-state index is -0.898. The second kappa shape index (κ2) is 9.27. The Balaban J connectivity index is 1.73. The first-order valence-electron chi connectivity index (χ1n) is 8.59. The van der Waals surface area contributed by atoms with Crippen LogP contribution in [-0.2, 0) is 9.59 Å². The molecule has 132 valence electrons. The lowest BCUT2D eigenvalue weighted by Crippen LogP contribution is -2.41. The van der Waals surface area contributed by atoms with Gasteiger partial charge in [-0.15, -0.1) is 0 Å². The first-order chi connectivity index (χ1) is 11.6. The summed E-state index contributed by atoms with van der Waals surface area (Å²) in [6, 6.07) is 10.3. The van der Waals surface area contributed by atoms with E-state index in [0.717, 1.165) is 25.9 Å². The highest BCUT2D eigenvalue weighted by molar-refractivity contribution is 5.79. The number of aliphatic carboxylic acids is 1. The van der Waals surface area contributed by atoms with Gasteiger partial charge in [0.2, 0.25) is 5.91 Å². The van der Waals surface area contributed by atoms with Gasteiger partial charge in [0.25, 0.3) is 0 Å². The molecule has 1 saturated heterocycles. The summed E-state index contributed by atoms with van der Waals surface area (Å²) >= 11 is 0. The van der Waals surface area contributed by atoms with E-state index in [1.807, 2.05) is 25.1 Å². The molecule has 0 radical (unpaired) electrons. The number of carboxylic acids is 1. The Morgan fingerprint density at radius 2 is 2.04 bits per heavy atom. The summed E-state index contributed by atoms with van der Waals surface area (Å²) in [4.78, 5) is 26.9. The van der Waals surface area contributed by atoms with Crippen molar-refractivity contribution >= 4 is 17.6 Å². The van der Waals surface area contributed by atoms with Crippen molar-refractivity contribution in [3.05, 3.63) is 30.3 Å². The molecular formula is C18H27N3O3. The number of carbonyl (C=O) groups is 2. The van der Waals surface area contributed by atoms with Crippen LogP contribution in [0.1, 0.15) is 19.8 Å². The Hall–Kier alpha value is -2.08. The highest BCUT2D eigenvalue weighted by Gasteiger charge is 2.23. The SMILES string of the molecule is CCCN(CC(=O)O)CC(=O)NCC1CCN(c2ccccc2)C1. The van der Waals surface area contributed by atoms with Crippen LogP contribution >= 0.6 is 0 Å². The van der Waals surface area contributed by atoms with Crippen molar-refractivity contribution in [3.63, 3.8) is 0 Å². The van der Waals surface area contributed by atoms with E-state index in [1.165, 1.54) is 5.69 Å². The van der Waals surface area contributed by atoms with Gasteiger partial charge in [-0.2, -0.15) is 0 Å². The minimum Gasteiger partial charge on any atom is -0.480 e. The van der Waals surface area contributed by atoms with Crippen LogP contribution in [0.4, 0.5) is 5.69 Å². The molecule has 1 atom stereocenters. The van der Waals surface area contributed by atoms with Crippen LogP contribution in [0.15, 0.2) is 30.3 Å². The van der Waals surface area contributed by atoms with Crippen molar-refractivity contribution < 1.29 is 14.7 Å². The summed E-state index contributed by atoms with van der Waals surface area (Å²) in [6.07, 6.45) is 1.89. The second-order valence-corrected chi connectivity index (χ2v) is 6.34. The van der Waals surface area contributed by atoms with Gasteiger partial charge in [0, 0.05) is 25.3 Å². The number of nitrogens with one attached hydrogen (secondary N) is 1. The molecule has 1 aromatic carbocycles. The van der Waals surface area contributed by atoms with Crippen LogP contribution in [0, 0.1) is 5.92 Å². The number of nitrogens with zero attached hydrogens (tertiary/aromatic N) is 2. The molecule has 1 fully saturated rings. The maximum atomic E-state index is 12.1. The molecule has 0 bridgehead atoms. The van der Waals surface area contributed by atoms with Crippen molar-refractivity contribution in [2.75, 3.05) is 44.2 Å². The summed E-state index contributed by atoms with van der Waals surface area (Å²) in [5, 5.41) is 11.8. The molecule has 0 saturated carbocycles. The normalized spacial score (nSPS) is 17.2. The third-order valence-corrected chi connectivity index (χ3v) is 4.26. The van der Waals surface area contributed by atoms with E-state index in [-0.39, 0.29) is 19.0 Å². The lowest BCUT2D eigenvalue weighted by molar-refractivity contribution is -0.138. The Labute approximate surface area is 143 Å². The highest BCUT2D eigenvalue weighted by Crippen LogP contribution is 2.22. The largest absolute Gasteiger partial charge is 0.480 e. The number of carbonyl (C=O) groups excluding carboxylic acids is 1. The van der Waals surface area contributed by atoms with Gasteiger partial charge in [-0.3, -0.25) is 14.5 Å². The summed E-state index contributed by atoms with van der Waals surface area (Å²) in [5.74, 6) is -0.554. The molecular weight excluding hydrogens is 306 g/mol. The second-order valence-electron chi connectivity index (χ2n) is 6.34. The van der Waals surface area contributed by atoms with E-state index in [2.05, 4.69) is 22.3 Å². The van der Waals surface area contributed by atoms with Gasteiger partial charge < -0.3 is 15.3 Å². The average Bonchev–Trinajstić information content (AvgIpc) is 3.02. The van der Waals surface area contributed by atoms with E-state index < -0.39 is 5.97 Å². The molecule has 6 heteroatoms. The first kappa shape index (κ1) is 18.3. The van der Waals surface area contributed by atoms with Crippen LogP contribution in [-0.4, -0.2) is 61.2 Å². The fraction of sp³-hybridized carbons (Fsp3) is 0.556. The van der Waals surface area contributed by atoms with Crippen molar-refractivity contribution in [2.45, 2.75) is 19.8 Å². The van der Waals surface area contributed by atoms with E-state index in [4.69, 9.17) is 5.11 Å². The van der Waals surface area contributed by atoms with E-state index in [1.54, 1.807) is 4.90 Å². The standard InChI is InChI=1S/C18H27N3O3/c1-2-9-20(14-18(23)24)13-17(22)19-11-15-8-10-21(12-15)16-6-4-3-5-7-16/h3-7,15H,2,8-14H2,1H3,(H,19,22)(H,23,24). The zero-order valence-corrected chi connectivity index (χ0v) is 14.3. The van der Waals surface area contributed by atoms with E-state index in [9.17, 15) is 9.59 Å². The third-order valence-electron chi connectivity index (χ3n) is 4.26. The molecule has 1 amide bonds. The van der Waals surface area contributed by atoms with Gasteiger partial charge in [-0.25, -0.2) is 0 Å². The molecule has 1 aliphatic heterocycles. The molecule has 0 aliphatic carbocycles. The quantitative estimate of drug-likeness (QED) is 0.715. The summed E-state index contributed by atoms with van der Waals surface area (Å²) in [5.41, 5.74) is 1.22. The smallest absolute Gasteiger partial charge is 0.317 e. The number of rotatable bonds is 9. The van der Waals surface area contributed by atoms with Crippen LogP contribution in [0.25, 0.3) is 0 Å². The van der Waals surface area contributed by atoms with Crippen LogP contribution < -0.4 is 10.2 Å². The monoisotopic (exact) mass is 333 g/mol. The van der Waals surface area contributed by atoms with Crippen LogP contribution in [0.2, 0.25) is 0 Å². The maximum absolute atomic E-state index is 12.1. The van der Waals surface area contributed by atoms with Gasteiger partial charge in [0.1, 0.15) is 0 Å². The molecule has 1 unspecified atom stereocenters. The fourth-order valence-corrected chi connectivity index (χ4v) is 3.11. The number of benzene rings is 1. The number of hydrogen-bond donors (Lipinski definition) is 2. The summed E-state index contributed by atoms with van der Waals surface area (Å²) in [6.45, 7) is 5.24. The molecule has 6 nitrogen and oxygen atoms in total. The molecule has 0 aromatic heterocycles. The number of hydrogen-bond acceptors (Lipinski definition) is 4. The first-order valence-corrected chi connectivity index (χ1v) is 8.59. The van der Waals surface area contributed by atoms with Gasteiger partial charge in [0.15, 0.2) is 0 Å². The predicted molar refractivity (Wildman–Crippen MR) is 94.1 cm³/mol. The molecule has 2 rings (SSSR count). The zero-order valence-electron chi connectivity index (χ0n) is 14.3. The molecule has 24 heavy (non-hydrogen) atoms. The van der Waals surface area contributed by atoms with Crippen molar-refractivity contribution in [1.82, 2.24) is 10.2 Å². The lowest BCUT2D eigenvalue weighted by atomic mass is 10.1. The molecule has 1 aliphatic rings. The maximum Gasteiger partial charge on any atom is 0.317 e. The van der Waals surface area contributed by atoms with Gasteiger partial charge >= 0.3 is 5.97 Å². The van der Waals surface area contributed by atoms with E-state index in [0.29, 0.717) is 19.0 Å². The number of para-hydroxylation sites is 1.